The number of ether oxygens (including phenoxy) is 1. The smallest absolute Gasteiger partial charge is 0.417 e. The van der Waals surface area contributed by atoms with Crippen molar-refractivity contribution < 1.29 is 31.5 Å². The number of nitrogens with zero attached hydrogens (tertiary/aromatic N) is 2. The van der Waals surface area contributed by atoms with Crippen LogP contribution >= 0.6 is 0 Å². The number of nitriles is 1. The SMILES string of the molecule is COC(=O)Cc1cnc(C#N)c(C(F)F)c1C(F)(F)F. The molecular weight excluding hydrogens is 287 g/mol. The molecule has 0 radical (unpaired) electrons. The summed E-state index contributed by atoms with van der Waals surface area (Å²) in [6.45, 7) is 0. The minimum atomic E-state index is -5.15. The maximum absolute atomic E-state index is 12.9. The molecule has 0 aliphatic heterocycles. The van der Waals surface area contributed by atoms with Gasteiger partial charge in [0.2, 0.25) is 0 Å². The number of hydrogen-bond donors (Lipinski definition) is 0. The normalized spacial score (nSPS) is 11.3. The molecule has 0 saturated heterocycles. The lowest BCUT2D eigenvalue weighted by atomic mass is 9.99. The second kappa shape index (κ2) is 5.81. The maximum Gasteiger partial charge on any atom is 0.417 e. The van der Waals surface area contributed by atoms with Crippen molar-refractivity contribution in [3.05, 3.63) is 28.6 Å². The van der Waals surface area contributed by atoms with E-state index in [0.717, 1.165) is 7.11 Å². The van der Waals surface area contributed by atoms with E-state index in [4.69, 9.17) is 5.26 Å². The molecule has 0 bridgehead atoms. The van der Waals surface area contributed by atoms with Crippen LogP contribution in [0.5, 0.6) is 0 Å². The second-order valence-electron chi connectivity index (χ2n) is 3.58. The molecule has 0 amide bonds. The van der Waals surface area contributed by atoms with Crippen LogP contribution in [0.1, 0.15) is 28.8 Å². The Morgan fingerprint density at radius 1 is 1.50 bits per heavy atom. The average molecular weight is 294 g/mol. The number of methoxy groups -OCH3 is 1. The summed E-state index contributed by atoms with van der Waals surface area (Å²) in [7, 11) is 0.945. The van der Waals surface area contributed by atoms with Crippen LogP contribution in [-0.2, 0) is 22.1 Å². The van der Waals surface area contributed by atoms with Gasteiger partial charge in [-0.2, -0.15) is 18.4 Å². The topological polar surface area (TPSA) is 63.0 Å². The van der Waals surface area contributed by atoms with Gasteiger partial charge < -0.3 is 4.74 Å². The van der Waals surface area contributed by atoms with Gasteiger partial charge in [0.25, 0.3) is 6.43 Å². The van der Waals surface area contributed by atoms with E-state index in [0.29, 0.717) is 6.20 Å². The Labute approximate surface area is 109 Å². The number of carbonyl (C=O) groups excluding carboxylic acids is 1. The van der Waals surface area contributed by atoms with E-state index < -0.39 is 47.4 Å². The maximum atomic E-state index is 12.9. The summed E-state index contributed by atoms with van der Waals surface area (Å²) in [5.41, 5.74) is -5.04. The first-order valence-corrected chi connectivity index (χ1v) is 5.06. The molecule has 1 aromatic heterocycles. The van der Waals surface area contributed by atoms with E-state index >= 15 is 0 Å². The summed E-state index contributed by atoms with van der Waals surface area (Å²) in [6, 6.07) is 1.18. The highest BCUT2D eigenvalue weighted by Crippen LogP contribution is 2.39. The van der Waals surface area contributed by atoms with Crippen molar-refractivity contribution in [1.29, 1.82) is 5.26 Å². The minimum absolute atomic E-state index is 0.574. The van der Waals surface area contributed by atoms with Crippen LogP contribution in [0, 0.1) is 11.3 Å². The molecule has 1 rings (SSSR count). The van der Waals surface area contributed by atoms with Crippen LogP contribution in [0.15, 0.2) is 6.20 Å². The number of halogens is 5. The molecule has 108 valence electrons. The molecule has 0 aliphatic rings. The lowest BCUT2D eigenvalue weighted by molar-refractivity contribution is -0.142. The number of alkyl halides is 5. The lowest BCUT2D eigenvalue weighted by Gasteiger charge is -2.17. The Morgan fingerprint density at radius 3 is 2.50 bits per heavy atom. The highest BCUT2D eigenvalue weighted by Gasteiger charge is 2.40. The number of hydrogen-bond acceptors (Lipinski definition) is 4. The lowest BCUT2D eigenvalue weighted by Crippen LogP contribution is -2.18. The van der Waals surface area contributed by atoms with Crippen molar-refractivity contribution in [1.82, 2.24) is 4.98 Å². The predicted molar refractivity (Wildman–Crippen MR) is 54.6 cm³/mol. The fraction of sp³-hybridized carbons (Fsp3) is 0.364. The van der Waals surface area contributed by atoms with E-state index in [1.807, 2.05) is 0 Å². The number of aromatic nitrogens is 1. The highest BCUT2D eigenvalue weighted by molar-refractivity contribution is 5.73. The third-order valence-electron chi connectivity index (χ3n) is 2.37. The van der Waals surface area contributed by atoms with Gasteiger partial charge in [-0.25, -0.2) is 13.8 Å². The van der Waals surface area contributed by atoms with Gasteiger partial charge in [-0.3, -0.25) is 4.79 Å². The number of pyridine rings is 1. The summed E-state index contributed by atoms with van der Waals surface area (Å²) in [5, 5.41) is 8.57. The molecule has 0 aromatic carbocycles. The van der Waals surface area contributed by atoms with Crippen LogP contribution in [0.3, 0.4) is 0 Å². The first-order valence-electron chi connectivity index (χ1n) is 5.06. The van der Waals surface area contributed by atoms with Gasteiger partial charge in [0.1, 0.15) is 11.8 Å². The molecular formula is C11H7F5N2O2. The van der Waals surface area contributed by atoms with Crippen molar-refractivity contribution in [3.63, 3.8) is 0 Å². The zero-order valence-corrected chi connectivity index (χ0v) is 9.96. The molecule has 1 heterocycles. The van der Waals surface area contributed by atoms with E-state index in [2.05, 4.69) is 9.72 Å². The van der Waals surface area contributed by atoms with Gasteiger partial charge in [-0.15, -0.1) is 0 Å². The fourth-order valence-electron chi connectivity index (χ4n) is 1.57. The van der Waals surface area contributed by atoms with Crippen molar-refractivity contribution in [2.75, 3.05) is 7.11 Å². The first kappa shape index (κ1) is 15.8. The summed E-state index contributed by atoms with van der Waals surface area (Å²) >= 11 is 0. The predicted octanol–water partition coefficient (Wildman–Crippen LogP) is 2.63. The molecule has 0 N–H and O–H groups in total. The molecule has 20 heavy (non-hydrogen) atoms. The van der Waals surface area contributed by atoms with Crippen molar-refractivity contribution in [2.45, 2.75) is 19.0 Å². The summed E-state index contributed by atoms with van der Waals surface area (Å²) in [6.07, 6.45) is -9.00. The van der Waals surface area contributed by atoms with Gasteiger partial charge in [-0.1, -0.05) is 0 Å². The van der Waals surface area contributed by atoms with E-state index in [-0.39, 0.29) is 0 Å². The number of carbonyl (C=O) groups is 1. The zero-order chi connectivity index (χ0) is 15.5. The molecule has 0 fully saturated rings. The number of esters is 1. The van der Waals surface area contributed by atoms with Crippen LogP contribution < -0.4 is 0 Å². The quantitative estimate of drug-likeness (QED) is 0.635. The molecule has 0 unspecified atom stereocenters. The Kier molecular flexibility index (Phi) is 4.60. The van der Waals surface area contributed by atoms with Crippen molar-refractivity contribution >= 4 is 5.97 Å². The first-order chi connectivity index (χ1) is 9.22. The average Bonchev–Trinajstić information content (AvgIpc) is 2.36. The minimum Gasteiger partial charge on any atom is -0.469 e. The van der Waals surface area contributed by atoms with Crippen LogP contribution in [-0.4, -0.2) is 18.1 Å². The summed E-state index contributed by atoms with van der Waals surface area (Å²) in [4.78, 5) is 14.3. The Bertz CT molecular complexity index is 563. The molecule has 1 aromatic rings. The van der Waals surface area contributed by atoms with Crippen molar-refractivity contribution in [3.8, 4) is 6.07 Å². The van der Waals surface area contributed by atoms with Gasteiger partial charge in [0, 0.05) is 6.20 Å². The molecule has 4 nitrogen and oxygen atoms in total. The fourth-order valence-corrected chi connectivity index (χ4v) is 1.57. The Balaban J connectivity index is 3.59. The monoisotopic (exact) mass is 294 g/mol. The molecule has 0 atom stereocenters. The largest absolute Gasteiger partial charge is 0.469 e. The third kappa shape index (κ3) is 3.20. The van der Waals surface area contributed by atoms with E-state index in [9.17, 15) is 26.7 Å². The Hall–Kier alpha value is -2.24. The molecule has 0 aliphatic carbocycles. The molecule has 9 heteroatoms. The van der Waals surface area contributed by atoms with Crippen LogP contribution in [0.25, 0.3) is 0 Å². The second-order valence-corrected chi connectivity index (χ2v) is 3.58. The standard InChI is InChI=1S/C11H7F5N2O2/c1-20-7(19)2-5-4-18-6(3-17)8(10(12)13)9(5)11(14,15)16/h4,10H,2H2,1H3. The van der Waals surface area contributed by atoms with Crippen molar-refractivity contribution in [2.24, 2.45) is 0 Å². The van der Waals surface area contributed by atoms with Crippen LogP contribution in [0.4, 0.5) is 22.0 Å². The molecule has 0 spiro atoms. The summed E-state index contributed by atoms with van der Waals surface area (Å²) < 4.78 is 68.5. The zero-order valence-electron chi connectivity index (χ0n) is 9.96. The van der Waals surface area contributed by atoms with E-state index in [1.54, 1.807) is 0 Å². The number of rotatable bonds is 3. The van der Waals surface area contributed by atoms with Gasteiger partial charge in [0.15, 0.2) is 0 Å². The Morgan fingerprint density at radius 2 is 2.10 bits per heavy atom. The third-order valence-corrected chi connectivity index (χ3v) is 2.37. The van der Waals surface area contributed by atoms with E-state index in [1.165, 1.54) is 6.07 Å². The van der Waals surface area contributed by atoms with Gasteiger partial charge >= 0.3 is 12.1 Å². The van der Waals surface area contributed by atoms with Crippen LogP contribution in [0.2, 0.25) is 0 Å². The van der Waals surface area contributed by atoms with Gasteiger partial charge in [0.05, 0.1) is 24.7 Å². The van der Waals surface area contributed by atoms with Gasteiger partial charge in [-0.05, 0) is 5.56 Å². The highest BCUT2D eigenvalue weighted by atomic mass is 19.4. The summed E-state index contributed by atoms with van der Waals surface area (Å²) in [5.74, 6) is -1.04. The molecule has 0 saturated carbocycles.